The van der Waals surface area contributed by atoms with Crippen LogP contribution in [0.5, 0.6) is 0 Å². The predicted octanol–water partition coefficient (Wildman–Crippen LogP) is 4.91. The van der Waals surface area contributed by atoms with Gasteiger partial charge in [-0.15, -0.1) is 0 Å². The molecule has 0 aliphatic rings. The number of nitrogens with one attached hydrogen (secondary N) is 1. The highest BCUT2D eigenvalue weighted by atomic mass is 127. The fourth-order valence-electron chi connectivity index (χ4n) is 2.21. The third kappa shape index (κ3) is 8.42. The minimum Gasteiger partial charge on any atom is -0.336 e. The van der Waals surface area contributed by atoms with Crippen molar-refractivity contribution >= 4 is 28.6 Å². The van der Waals surface area contributed by atoms with Crippen LogP contribution in [0.2, 0.25) is 0 Å². The largest absolute Gasteiger partial charge is 0.521 e. The molecule has 24 heavy (non-hydrogen) atoms. The standard InChI is InChI=1S/C19H31FINO2/c1-6-7-10-15(4)17(16(5)11-8-9-14(2)3)22-13-19(20,12-21)18(23)24/h7-11,14-15,17,22H,6,12-13H2,1-5H3,(H,23,24)/p+1/b9-8-,10-7-,16-11+/t15-,17+,19-/m0/s1. The topological polar surface area (TPSA) is 53.7 Å². The van der Waals surface area contributed by atoms with Gasteiger partial charge in [0.15, 0.2) is 0 Å². The minimum absolute atomic E-state index is 0.0258. The highest BCUT2D eigenvalue weighted by molar-refractivity contribution is 14.1. The molecule has 0 saturated carbocycles. The fraction of sp³-hybridized carbons (Fsp3) is 0.632. The van der Waals surface area contributed by atoms with Crippen LogP contribution in [-0.2, 0) is 0 Å². The average Bonchev–Trinajstić information content (AvgIpc) is 2.52. The van der Waals surface area contributed by atoms with Gasteiger partial charge in [0.25, 0.3) is 5.67 Å². The summed E-state index contributed by atoms with van der Waals surface area (Å²) in [6.45, 7) is 10.2. The summed E-state index contributed by atoms with van der Waals surface area (Å²) in [5, 5.41) is 12.4. The molecule has 0 fully saturated rings. The molecule has 3 N–H and O–H groups in total. The number of hydrogen-bond acceptors (Lipinski definition) is 1. The Labute approximate surface area is 159 Å². The van der Waals surface area contributed by atoms with Crippen LogP contribution in [0, 0.1) is 11.8 Å². The van der Waals surface area contributed by atoms with Gasteiger partial charge in [-0.2, -0.15) is 0 Å². The molecule has 5 heteroatoms. The third-order valence-corrected chi connectivity index (χ3v) is 4.97. The van der Waals surface area contributed by atoms with Gasteiger partial charge in [-0.1, -0.05) is 86.2 Å². The molecule has 3 atom stereocenters. The van der Waals surface area contributed by atoms with E-state index in [-0.39, 0.29) is 22.9 Å². The Morgan fingerprint density at radius 2 is 1.96 bits per heavy atom. The number of aliphatic carboxylic acids is 1. The molecular weight excluding hydrogens is 420 g/mol. The number of carboxylic acid groups (broad SMARTS) is 1. The van der Waals surface area contributed by atoms with Gasteiger partial charge in [-0.3, -0.25) is 0 Å². The van der Waals surface area contributed by atoms with E-state index in [1.165, 1.54) is 0 Å². The van der Waals surface area contributed by atoms with E-state index in [0.717, 1.165) is 12.0 Å². The fourth-order valence-corrected chi connectivity index (χ4v) is 2.83. The van der Waals surface area contributed by atoms with E-state index < -0.39 is 11.6 Å². The Balaban J connectivity index is 5.26. The Morgan fingerprint density at radius 1 is 1.33 bits per heavy atom. The van der Waals surface area contributed by atoms with Gasteiger partial charge in [-0.05, 0) is 25.2 Å². The maximum atomic E-state index is 14.5. The quantitative estimate of drug-likeness (QED) is 0.154. The van der Waals surface area contributed by atoms with Crippen molar-refractivity contribution in [1.82, 2.24) is 5.32 Å². The lowest BCUT2D eigenvalue weighted by molar-refractivity contribution is 0.213. The van der Waals surface area contributed by atoms with Crippen molar-refractivity contribution in [2.75, 3.05) is 11.0 Å². The normalized spacial score (nSPS) is 18.2. The summed E-state index contributed by atoms with van der Waals surface area (Å²) in [6.07, 6.45) is 11.3. The van der Waals surface area contributed by atoms with E-state index in [0.29, 0.717) is 5.92 Å². The molecule has 0 aliphatic carbocycles. The van der Waals surface area contributed by atoms with E-state index >= 15 is 0 Å². The van der Waals surface area contributed by atoms with E-state index in [2.05, 4.69) is 51.2 Å². The van der Waals surface area contributed by atoms with Crippen LogP contribution in [0.4, 0.5) is 4.39 Å². The average molecular weight is 452 g/mol. The van der Waals surface area contributed by atoms with Crippen molar-refractivity contribution in [2.24, 2.45) is 11.8 Å². The van der Waals surface area contributed by atoms with Gasteiger partial charge < -0.3 is 15.2 Å². The van der Waals surface area contributed by atoms with E-state index in [1.807, 2.05) is 41.7 Å². The number of aliphatic hydroxyl groups excluding tert-OH is 1. The molecule has 3 nitrogen and oxygen atoms in total. The zero-order valence-electron chi connectivity index (χ0n) is 15.4. The first-order valence-corrected chi connectivity index (χ1v) is 9.95. The van der Waals surface area contributed by atoms with Crippen molar-refractivity contribution in [2.45, 2.75) is 52.8 Å². The van der Waals surface area contributed by atoms with Crippen LogP contribution in [-0.4, -0.2) is 38.6 Å². The zero-order valence-corrected chi connectivity index (χ0v) is 17.5. The number of rotatable bonds is 11. The number of halogens is 2. The summed E-state index contributed by atoms with van der Waals surface area (Å²) in [6, 6.07) is -0.0814. The zero-order chi connectivity index (χ0) is 18.8. The van der Waals surface area contributed by atoms with Crippen molar-refractivity contribution in [3.05, 3.63) is 36.0 Å². The van der Waals surface area contributed by atoms with Crippen LogP contribution in [0.15, 0.2) is 36.0 Å². The van der Waals surface area contributed by atoms with Crippen molar-refractivity contribution in [3.63, 3.8) is 0 Å². The van der Waals surface area contributed by atoms with Gasteiger partial charge in [-0.25, -0.2) is 4.39 Å². The van der Waals surface area contributed by atoms with Crippen LogP contribution < -0.4 is 5.32 Å². The Morgan fingerprint density at radius 3 is 2.42 bits per heavy atom. The first-order chi connectivity index (χ1) is 11.2. The molecule has 0 aliphatic heterocycles. The summed E-state index contributed by atoms with van der Waals surface area (Å²) >= 11 is 1.82. The van der Waals surface area contributed by atoms with Gasteiger partial charge in [0.05, 0.1) is 4.43 Å². The Bertz CT molecular complexity index is 474. The SMILES string of the molecule is CC/C=C\[C@H](C)[C@@H](NC[C@@](F)(CI)C(O)=[OH+])/C(C)=C/C=C\C(C)C. The molecule has 0 radical (unpaired) electrons. The molecule has 0 unspecified atom stereocenters. The lowest BCUT2D eigenvalue weighted by Crippen LogP contribution is -2.49. The predicted molar refractivity (Wildman–Crippen MR) is 110 cm³/mol. The Hall–Kier alpha value is -0.690. The molecule has 138 valence electrons. The molecule has 0 aromatic heterocycles. The Kier molecular flexibility index (Phi) is 11.5. The van der Waals surface area contributed by atoms with Crippen LogP contribution in [0.1, 0.15) is 41.0 Å². The lowest BCUT2D eigenvalue weighted by atomic mass is 9.93. The lowest BCUT2D eigenvalue weighted by Gasteiger charge is -2.26. The summed E-state index contributed by atoms with van der Waals surface area (Å²) in [7, 11) is 0. The third-order valence-electron chi connectivity index (χ3n) is 3.76. The van der Waals surface area contributed by atoms with E-state index in [4.69, 9.17) is 0 Å². The molecule has 0 saturated heterocycles. The molecular formula is C19H32FINO2+. The smallest absolute Gasteiger partial charge is 0.336 e. The molecule has 0 bridgehead atoms. The monoisotopic (exact) mass is 452 g/mol. The van der Waals surface area contributed by atoms with Gasteiger partial charge in [0.2, 0.25) is 0 Å². The number of allylic oxidation sites excluding steroid dienone is 4. The van der Waals surface area contributed by atoms with Gasteiger partial charge >= 0.3 is 5.97 Å². The van der Waals surface area contributed by atoms with Crippen molar-refractivity contribution < 1.29 is 14.3 Å². The highest BCUT2D eigenvalue weighted by Gasteiger charge is 2.44. The second-order valence-corrected chi connectivity index (χ2v) is 7.28. The van der Waals surface area contributed by atoms with Crippen LogP contribution in [0.25, 0.3) is 0 Å². The van der Waals surface area contributed by atoms with Gasteiger partial charge in [0.1, 0.15) is 0 Å². The maximum Gasteiger partial charge on any atom is 0.521 e. The maximum absolute atomic E-state index is 14.5. The van der Waals surface area contributed by atoms with Crippen LogP contribution in [0.3, 0.4) is 0 Å². The van der Waals surface area contributed by atoms with Crippen molar-refractivity contribution in [1.29, 1.82) is 0 Å². The highest BCUT2D eigenvalue weighted by Crippen LogP contribution is 2.19. The summed E-state index contributed by atoms with van der Waals surface area (Å²) in [4.78, 5) is 9.22. The van der Waals surface area contributed by atoms with Crippen molar-refractivity contribution in [3.8, 4) is 0 Å². The molecule has 0 amide bonds. The first kappa shape index (κ1) is 23.3. The summed E-state index contributed by atoms with van der Waals surface area (Å²) in [5.74, 6) is -0.537. The molecule has 0 spiro atoms. The van der Waals surface area contributed by atoms with Crippen LogP contribution >= 0.6 is 22.6 Å². The van der Waals surface area contributed by atoms with E-state index in [9.17, 15) is 14.3 Å². The van der Waals surface area contributed by atoms with E-state index in [1.54, 1.807) is 0 Å². The second-order valence-electron chi connectivity index (χ2n) is 6.52. The molecule has 0 heterocycles. The minimum atomic E-state index is -2.14. The summed E-state index contributed by atoms with van der Waals surface area (Å²) < 4.78 is 14.5. The molecule has 0 aromatic rings. The summed E-state index contributed by atoms with van der Waals surface area (Å²) in [5.41, 5.74) is -1.06. The number of hydrogen-bond donors (Lipinski definition) is 2. The number of alkyl halides is 2. The molecule has 0 rings (SSSR count). The number of carboxylic acids is 1. The second kappa shape index (κ2) is 11.8. The first-order valence-electron chi connectivity index (χ1n) is 8.43. The van der Waals surface area contributed by atoms with Gasteiger partial charge in [0, 0.05) is 12.6 Å². The molecule has 0 aromatic carbocycles.